The molecular formula is C15H19NO4S. The summed E-state index contributed by atoms with van der Waals surface area (Å²) in [5.41, 5.74) is 7.18. The molecule has 6 heteroatoms. The summed E-state index contributed by atoms with van der Waals surface area (Å²) in [5.74, 6) is 0. The van der Waals surface area contributed by atoms with Gasteiger partial charge >= 0.3 is 10.4 Å². The molecule has 0 spiro atoms. The molecule has 1 atom stereocenters. The highest BCUT2D eigenvalue weighted by molar-refractivity contribution is 7.80. The van der Waals surface area contributed by atoms with Crippen molar-refractivity contribution in [3.8, 4) is 0 Å². The minimum Gasteiger partial charge on any atom is -0.327 e. The van der Waals surface area contributed by atoms with E-state index in [1.807, 2.05) is 12.1 Å². The second-order valence-electron chi connectivity index (χ2n) is 5.04. The zero-order valence-corrected chi connectivity index (χ0v) is 12.4. The van der Waals surface area contributed by atoms with Gasteiger partial charge in [0.1, 0.15) is 0 Å². The molecule has 2 aromatic carbocycles. The summed E-state index contributed by atoms with van der Waals surface area (Å²) in [6, 6.07) is 14.3. The first kappa shape index (κ1) is 15.9. The Bertz CT molecular complexity index is 700. The molecule has 114 valence electrons. The van der Waals surface area contributed by atoms with Gasteiger partial charge in [0.25, 0.3) is 0 Å². The van der Waals surface area contributed by atoms with Gasteiger partial charge in [-0.2, -0.15) is 8.42 Å². The number of fused-ring (bicyclic) bond motifs is 1. The summed E-state index contributed by atoms with van der Waals surface area (Å²) in [5, 5.41) is 2.37. The smallest absolute Gasteiger partial charge is 0.327 e. The largest absolute Gasteiger partial charge is 0.397 e. The van der Waals surface area contributed by atoms with Gasteiger partial charge in [-0.15, -0.1) is 0 Å². The van der Waals surface area contributed by atoms with Gasteiger partial charge < -0.3 is 5.73 Å². The summed E-state index contributed by atoms with van der Waals surface area (Å²) < 4.78 is 33.5. The highest BCUT2D eigenvalue weighted by atomic mass is 32.3. The Balaban J connectivity index is 1.85. The highest BCUT2D eigenvalue weighted by Gasteiger charge is 2.07. The highest BCUT2D eigenvalue weighted by Crippen LogP contribution is 2.17. The lowest BCUT2D eigenvalue weighted by Gasteiger charge is -2.12. The van der Waals surface area contributed by atoms with E-state index in [1.54, 1.807) is 0 Å². The molecule has 5 nitrogen and oxygen atoms in total. The molecule has 0 heterocycles. The first-order valence-electron chi connectivity index (χ1n) is 6.79. The van der Waals surface area contributed by atoms with Crippen molar-refractivity contribution in [1.82, 2.24) is 0 Å². The molecular weight excluding hydrogens is 290 g/mol. The fourth-order valence-electron chi connectivity index (χ4n) is 2.28. The lowest BCUT2D eigenvalue weighted by molar-refractivity contribution is 0.259. The van der Waals surface area contributed by atoms with E-state index in [0.717, 1.165) is 12.0 Å². The third-order valence-corrected chi connectivity index (χ3v) is 3.73. The van der Waals surface area contributed by atoms with E-state index < -0.39 is 10.4 Å². The Morgan fingerprint density at radius 1 is 1.14 bits per heavy atom. The summed E-state index contributed by atoms with van der Waals surface area (Å²) in [4.78, 5) is 0. The van der Waals surface area contributed by atoms with E-state index in [-0.39, 0.29) is 12.6 Å². The van der Waals surface area contributed by atoms with E-state index in [0.29, 0.717) is 12.8 Å². The molecule has 0 saturated carbocycles. The summed E-state index contributed by atoms with van der Waals surface area (Å²) in [6.07, 6.45) is 1.83. The zero-order chi connectivity index (χ0) is 15.3. The third-order valence-electron chi connectivity index (χ3n) is 3.26. The van der Waals surface area contributed by atoms with Crippen LogP contribution in [0.3, 0.4) is 0 Å². The predicted octanol–water partition coefficient (Wildman–Crippen LogP) is 2.31. The average Bonchev–Trinajstić information content (AvgIpc) is 2.42. The fraction of sp³-hybridized carbons (Fsp3) is 0.333. The van der Waals surface area contributed by atoms with E-state index >= 15 is 0 Å². The lowest BCUT2D eigenvalue weighted by Crippen LogP contribution is -2.23. The second kappa shape index (κ2) is 7.00. The second-order valence-corrected chi connectivity index (χ2v) is 6.13. The number of benzene rings is 2. The SMILES string of the molecule is N[C@H](CCCOS(=O)(=O)O)Cc1ccc2ccccc2c1. The first-order valence-corrected chi connectivity index (χ1v) is 8.16. The lowest BCUT2D eigenvalue weighted by atomic mass is 10.00. The van der Waals surface area contributed by atoms with E-state index in [1.165, 1.54) is 10.8 Å². The van der Waals surface area contributed by atoms with Crippen LogP contribution in [0.15, 0.2) is 42.5 Å². The molecule has 3 N–H and O–H groups in total. The Morgan fingerprint density at radius 3 is 2.57 bits per heavy atom. The van der Waals surface area contributed by atoms with Crippen molar-refractivity contribution in [3.63, 3.8) is 0 Å². The number of nitrogens with two attached hydrogens (primary N) is 1. The summed E-state index contributed by atoms with van der Waals surface area (Å²) >= 11 is 0. The normalized spacial score (nSPS) is 13.4. The molecule has 0 aliphatic rings. The Labute approximate surface area is 124 Å². The van der Waals surface area contributed by atoms with Crippen LogP contribution in [0.2, 0.25) is 0 Å². The van der Waals surface area contributed by atoms with E-state index in [9.17, 15) is 8.42 Å². The molecule has 21 heavy (non-hydrogen) atoms. The molecule has 0 fully saturated rings. The molecule has 0 bridgehead atoms. The number of hydrogen-bond acceptors (Lipinski definition) is 4. The van der Waals surface area contributed by atoms with Crippen LogP contribution in [0, 0.1) is 0 Å². The van der Waals surface area contributed by atoms with E-state index in [2.05, 4.69) is 34.5 Å². The maximum absolute atomic E-state index is 10.4. The molecule has 0 amide bonds. The van der Waals surface area contributed by atoms with Gasteiger partial charge in [0.05, 0.1) is 6.61 Å². The quantitative estimate of drug-likeness (QED) is 0.605. The van der Waals surface area contributed by atoms with Crippen molar-refractivity contribution in [2.45, 2.75) is 25.3 Å². The van der Waals surface area contributed by atoms with Gasteiger partial charge in [0, 0.05) is 6.04 Å². The molecule has 0 saturated heterocycles. The average molecular weight is 309 g/mol. The zero-order valence-electron chi connectivity index (χ0n) is 11.6. The molecule has 2 rings (SSSR count). The van der Waals surface area contributed by atoms with Crippen LogP contribution in [-0.2, 0) is 21.0 Å². The Kier molecular flexibility index (Phi) is 5.30. The maximum atomic E-state index is 10.4. The molecule has 2 aromatic rings. The monoisotopic (exact) mass is 309 g/mol. The van der Waals surface area contributed by atoms with Gasteiger partial charge in [0.15, 0.2) is 0 Å². The number of rotatable bonds is 7. The van der Waals surface area contributed by atoms with Crippen molar-refractivity contribution in [2.24, 2.45) is 5.73 Å². The van der Waals surface area contributed by atoms with Crippen molar-refractivity contribution in [2.75, 3.05) is 6.61 Å². The minimum absolute atomic E-state index is 0.0513. The van der Waals surface area contributed by atoms with Crippen LogP contribution in [0.5, 0.6) is 0 Å². The minimum atomic E-state index is -4.35. The number of hydrogen-bond donors (Lipinski definition) is 2. The van der Waals surface area contributed by atoms with Gasteiger partial charge in [-0.25, -0.2) is 4.18 Å². The van der Waals surface area contributed by atoms with Crippen molar-refractivity contribution < 1.29 is 17.2 Å². The molecule has 0 aliphatic heterocycles. The van der Waals surface area contributed by atoms with Crippen LogP contribution >= 0.6 is 0 Å². The Morgan fingerprint density at radius 2 is 1.86 bits per heavy atom. The van der Waals surface area contributed by atoms with Gasteiger partial charge in [-0.1, -0.05) is 42.5 Å². The van der Waals surface area contributed by atoms with Crippen molar-refractivity contribution in [1.29, 1.82) is 0 Å². The van der Waals surface area contributed by atoms with E-state index in [4.69, 9.17) is 10.3 Å². The molecule has 0 radical (unpaired) electrons. The summed E-state index contributed by atoms with van der Waals surface area (Å²) in [7, 11) is -4.35. The predicted molar refractivity (Wildman–Crippen MR) is 82.4 cm³/mol. The molecule has 0 aromatic heterocycles. The molecule has 0 unspecified atom stereocenters. The van der Waals surface area contributed by atoms with Crippen molar-refractivity contribution >= 4 is 21.2 Å². The standard InChI is InChI=1S/C15H19NO4S/c16-15(6-3-9-20-21(17,18)19)11-12-7-8-13-4-1-2-5-14(13)10-12/h1-2,4-5,7-8,10,15H,3,6,9,11,16H2,(H,17,18,19)/t15-/m1/s1. The fourth-order valence-corrected chi connectivity index (χ4v) is 2.61. The maximum Gasteiger partial charge on any atom is 0.397 e. The van der Waals surface area contributed by atoms with Crippen LogP contribution in [0.1, 0.15) is 18.4 Å². The van der Waals surface area contributed by atoms with Crippen LogP contribution < -0.4 is 5.73 Å². The third kappa shape index (κ3) is 5.43. The van der Waals surface area contributed by atoms with Crippen molar-refractivity contribution in [3.05, 3.63) is 48.0 Å². The van der Waals surface area contributed by atoms with Gasteiger partial charge in [-0.05, 0) is 35.6 Å². The first-order chi connectivity index (χ1) is 9.94. The molecule has 0 aliphatic carbocycles. The van der Waals surface area contributed by atoms with Crippen LogP contribution in [0.25, 0.3) is 10.8 Å². The van der Waals surface area contributed by atoms with Gasteiger partial charge in [-0.3, -0.25) is 4.55 Å². The van der Waals surface area contributed by atoms with Crippen LogP contribution in [-0.4, -0.2) is 25.6 Å². The topological polar surface area (TPSA) is 89.6 Å². The Hall–Kier alpha value is -1.47. The van der Waals surface area contributed by atoms with Gasteiger partial charge in [0.2, 0.25) is 0 Å². The summed E-state index contributed by atoms with van der Waals surface area (Å²) in [6.45, 7) is -0.0513. The van der Waals surface area contributed by atoms with Crippen LogP contribution in [0.4, 0.5) is 0 Å².